The lowest BCUT2D eigenvalue weighted by atomic mass is 10.1. The normalized spacial score (nSPS) is 10.8. The number of hydrogen-bond donors (Lipinski definition) is 2. The summed E-state index contributed by atoms with van der Waals surface area (Å²) in [6.45, 7) is 0.575. The summed E-state index contributed by atoms with van der Waals surface area (Å²) >= 11 is 0. The van der Waals surface area contributed by atoms with Gasteiger partial charge in [-0.1, -0.05) is 30.3 Å². The molecule has 6 heteroatoms. The van der Waals surface area contributed by atoms with Gasteiger partial charge in [0, 0.05) is 0 Å². The van der Waals surface area contributed by atoms with Crippen LogP contribution in [0.1, 0.15) is 12.0 Å². The van der Waals surface area contributed by atoms with Crippen molar-refractivity contribution in [3.8, 4) is 5.88 Å². The summed E-state index contributed by atoms with van der Waals surface area (Å²) < 4.78 is 5.69. The average molecular weight is 269 g/mol. The van der Waals surface area contributed by atoms with Crippen LogP contribution >= 0.6 is 0 Å². The topological polar surface area (TPSA) is 89.7 Å². The molecule has 2 heterocycles. The second kappa shape index (κ2) is 5.56. The van der Waals surface area contributed by atoms with E-state index in [1.165, 1.54) is 5.56 Å². The molecule has 0 unspecified atom stereocenters. The van der Waals surface area contributed by atoms with Crippen LogP contribution in [-0.2, 0) is 6.42 Å². The zero-order chi connectivity index (χ0) is 13.8. The van der Waals surface area contributed by atoms with Crippen molar-refractivity contribution in [3.63, 3.8) is 0 Å². The number of nitrogens with two attached hydrogens (primary N) is 1. The first-order valence-electron chi connectivity index (χ1n) is 6.46. The van der Waals surface area contributed by atoms with E-state index < -0.39 is 0 Å². The number of nitrogens with one attached hydrogen (secondary N) is 1. The van der Waals surface area contributed by atoms with Gasteiger partial charge >= 0.3 is 0 Å². The van der Waals surface area contributed by atoms with Crippen molar-refractivity contribution in [2.75, 3.05) is 12.3 Å². The molecule has 0 fully saturated rings. The second-order valence-electron chi connectivity index (χ2n) is 4.46. The summed E-state index contributed by atoms with van der Waals surface area (Å²) in [7, 11) is 0. The lowest BCUT2D eigenvalue weighted by Gasteiger charge is -2.06. The summed E-state index contributed by atoms with van der Waals surface area (Å²) in [6.07, 6.45) is 3.52. The molecule has 3 aromatic rings. The van der Waals surface area contributed by atoms with Crippen LogP contribution in [0.3, 0.4) is 0 Å². The van der Waals surface area contributed by atoms with Crippen LogP contribution in [-0.4, -0.2) is 26.8 Å². The number of rotatable bonds is 5. The zero-order valence-corrected chi connectivity index (χ0v) is 10.9. The van der Waals surface area contributed by atoms with Crippen molar-refractivity contribution in [2.24, 2.45) is 0 Å². The van der Waals surface area contributed by atoms with Gasteiger partial charge in [-0.3, -0.25) is 5.10 Å². The molecule has 0 amide bonds. The fraction of sp³-hybridized carbons (Fsp3) is 0.214. The Hall–Kier alpha value is -2.63. The lowest BCUT2D eigenvalue weighted by molar-refractivity contribution is 0.303. The van der Waals surface area contributed by atoms with Gasteiger partial charge in [-0.2, -0.15) is 15.1 Å². The Morgan fingerprint density at radius 3 is 2.85 bits per heavy atom. The van der Waals surface area contributed by atoms with E-state index >= 15 is 0 Å². The van der Waals surface area contributed by atoms with E-state index in [0.717, 1.165) is 18.2 Å². The zero-order valence-electron chi connectivity index (χ0n) is 10.9. The van der Waals surface area contributed by atoms with Gasteiger partial charge in [-0.15, -0.1) is 0 Å². The minimum atomic E-state index is 0.180. The summed E-state index contributed by atoms with van der Waals surface area (Å²) in [6, 6.07) is 10.3. The van der Waals surface area contributed by atoms with Crippen molar-refractivity contribution < 1.29 is 4.74 Å². The minimum Gasteiger partial charge on any atom is -0.477 e. The predicted molar refractivity (Wildman–Crippen MR) is 76.4 cm³/mol. The quantitative estimate of drug-likeness (QED) is 0.691. The molecule has 0 spiro atoms. The number of nitrogen functional groups attached to an aromatic ring is 1. The fourth-order valence-corrected chi connectivity index (χ4v) is 2.02. The summed E-state index contributed by atoms with van der Waals surface area (Å²) in [4.78, 5) is 8.14. The third-order valence-corrected chi connectivity index (χ3v) is 2.98. The van der Waals surface area contributed by atoms with Crippen LogP contribution < -0.4 is 10.5 Å². The third-order valence-electron chi connectivity index (χ3n) is 2.98. The SMILES string of the molecule is Nc1nc(OCCCc2ccccc2)c2cn[nH]c2n1. The second-order valence-corrected chi connectivity index (χ2v) is 4.46. The predicted octanol–water partition coefficient (Wildman–Crippen LogP) is 1.95. The molecule has 0 saturated heterocycles. The Morgan fingerprint density at radius 1 is 1.15 bits per heavy atom. The van der Waals surface area contributed by atoms with Crippen molar-refractivity contribution >= 4 is 17.0 Å². The molecule has 20 heavy (non-hydrogen) atoms. The van der Waals surface area contributed by atoms with Crippen molar-refractivity contribution in [1.29, 1.82) is 0 Å². The first kappa shape index (κ1) is 12.4. The number of aromatic amines is 1. The highest BCUT2D eigenvalue weighted by atomic mass is 16.5. The van der Waals surface area contributed by atoms with Crippen LogP contribution in [0.5, 0.6) is 5.88 Å². The monoisotopic (exact) mass is 269 g/mol. The van der Waals surface area contributed by atoms with Crippen molar-refractivity contribution in [2.45, 2.75) is 12.8 Å². The Morgan fingerprint density at radius 2 is 2.00 bits per heavy atom. The number of hydrogen-bond acceptors (Lipinski definition) is 5. The number of benzene rings is 1. The molecule has 102 valence electrons. The van der Waals surface area contributed by atoms with Crippen molar-refractivity contribution in [1.82, 2.24) is 20.2 Å². The van der Waals surface area contributed by atoms with Crippen LogP contribution in [0.25, 0.3) is 11.0 Å². The molecular formula is C14H15N5O. The average Bonchev–Trinajstić information content (AvgIpc) is 2.92. The Labute approximate surface area is 116 Å². The fourth-order valence-electron chi connectivity index (χ4n) is 2.02. The highest BCUT2D eigenvalue weighted by Crippen LogP contribution is 2.21. The van der Waals surface area contributed by atoms with Gasteiger partial charge < -0.3 is 10.5 Å². The standard InChI is InChI=1S/C14H15N5O/c15-14-17-12-11(9-16-19-12)13(18-14)20-8-4-7-10-5-2-1-3-6-10/h1-3,5-6,9H,4,7-8H2,(H3,15,16,17,18,19). The number of aromatic nitrogens is 4. The van der Waals surface area contributed by atoms with E-state index in [1.807, 2.05) is 18.2 Å². The van der Waals surface area contributed by atoms with Crippen molar-refractivity contribution in [3.05, 3.63) is 42.1 Å². The van der Waals surface area contributed by atoms with Gasteiger partial charge in [0.05, 0.1) is 12.8 Å². The summed E-state index contributed by atoms with van der Waals surface area (Å²) in [5, 5.41) is 7.42. The van der Waals surface area contributed by atoms with Crippen LogP contribution in [0.4, 0.5) is 5.95 Å². The largest absolute Gasteiger partial charge is 0.477 e. The highest BCUT2D eigenvalue weighted by Gasteiger charge is 2.08. The lowest BCUT2D eigenvalue weighted by Crippen LogP contribution is -2.04. The minimum absolute atomic E-state index is 0.180. The first-order chi connectivity index (χ1) is 9.83. The van der Waals surface area contributed by atoms with E-state index in [1.54, 1.807) is 6.20 Å². The smallest absolute Gasteiger partial charge is 0.229 e. The van der Waals surface area contributed by atoms with Gasteiger partial charge in [0.15, 0.2) is 5.65 Å². The van der Waals surface area contributed by atoms with Gasteiger partial charge in [-0.25, -0.2) is 0 Å². The maximum absolute atomic E-state index is 5.69. The number of ether oxygens (including phenoxy) is 1. The molecule has 0 saturated carbocycles. The van der Waals surface area contributed by atoms with E-state index in [9.17, 15) is 0 Å². The molecule has 3 rings (SSSR count). The number of aryl methyl sites for hydroxylation is 1. The molecule has 1 aromatic carbocycles. The molecular weight excluding hydrogens is 254 g/mol. The molecule has 3 N–H and O–H groups in total. The molecule has 0 bridgehead atoms. The number of nitrogens with zero attached hydrogens (tertiary/aromatic N) is 3. The molecule has 6 nitrogen and oxygen atoms in total. The Kier molecular flexibility index (Phi) is 3.45. The summed E-state index contributed by atoms with van der Waals surface area (Å²) in [5.74, 6) is 0.661. The van der Waals surface area contributed by atoms with E-state index in [2.05, 4.69) is 32.3 Å². The maximum Gasteiger partial charge on any atom is 0.229 e. The van der Waals surface area contributed by atoms with E-state index in [-0.39, 0.29) is 5.95 Å². The van der Waals surface area contributed by atoms with Crippen LogP contribution in [0, 0.1) is 0 Å². The van der Waals surface area contributed by atoms with Crippen LogP contribution in [0.15, 0.2) is 36.5 Å². The van der Waals surface area contributed by atoms with Gasteiger partial charge in [0.2, 0.25) is 11.8 Å². The first-order valence-corrected chi connectivity index (χ1v) is 6.46. The molecule has 0 aliphatic carbocycles. The Bertz CT molecular complexity index is 695. The van der Waals surface area contributed by atoms with Gasteiger partial charge in [0.25, 0.3) is 0 Å². The maximum atomic E-state index is 5.69. The number of anilines is 1. The molecule has 2 aromatic heterocycles. The van der Waals surface area contributed by atoms with Crippen LogP contribution in [0.2, 0.25) is 0 Å². The van der Waals surface area contributed by atoms with Gasteiger partial charge in [0.1, 0.15) is 5.39 Å². The molecule has 0 aliphatic heterocycles. The molecule has 0 atom stereocenters. The van der Waals surface area contributed by atoms with E-state index in [4.69, 9.17) is 10.5 Å². The number of H-pyrrole nitrogens is 1. The Balaban J connectivity index is 1.61. The molecule has 0 aliphatic rings. The molecule has 0 radical (unpaired) electrons. The highest BCUT2D eigenvalue weighted by molar-refractivity contribution is 5.80. The van der Waals surface area contributed by atoms with Gasteiger partial charge in [-0.05, 0) is 18.4 Å². The third kappa shape index (κ3) is 2.69. The number of fused-ring (bicyclic) bond motifs is 1. The van der Waals surface area contributed by atoms with E-state index in [0.29, 0.717) is 18.1 Å². The summed E-state index contributed by atoms with van der Waals surface area (Å²) in [5.41, 5.74) is 7.52.